The van der Waals surface area contributed by atoms with Crippen LogP contribution in [0.25, 0.3) is 17.1 Å². The lowest BCUT2D eigenvalue weighted by molar-refractivity contribution is 0.391. The van der Waals surface area contributed by atoms with E-state index in [0.717, 1.165) is 16.4 Å². The van der Waals surface area contributed by atoms with Gasteiger partial charge in [-0.2, -0.15) is 4.98 Å². The predicted molar refractivity (Wildman–Crippen MR) is 95.7 cm³/mol. The predicted octanol–water partition coefficient (Wildman–Crippen LogP) is 4.26. The summed E-state index contributed by atoms with van der Waals surface area (Å²) in [5.74, 6) is 1.47. The highest BCUT2D eigenvalue weighted by Crippen LogP contribution is 2.27. The molecule has 25 heavy (non-hydrogen) atoms. The molecular formula is C17H12ClN5OS. The number of benzene rings is 2. The van der Waals surface area contributed by atoms with Crippen molar-refractivity contribution in [2.75, 3.05) is 0 Å². The van der Waals surface area contributed by atoms with Gasteiger partial charge in [-0.3, -0.25) is 4.57 Å². The van der Waals surface area contributed by atoms with Crippen LogP contribution >= 0.6 is 23.4 Å². The first kappa shape index (κ1) is 15.9. The lowest BCUT2D eigenvalue weighted by Gasteiger charge is -2.04. The van der Waals surface area contributed by atoms with Crippen molar-refractivity contribution < 1.29 is 4.52 Å². The van der Waals surface area contributed by atoms with Gasteiger partial charge in [0.05, 0.1) is 10.8 Å². The van der Waals surface area contributed by atoms with Crippen LogP contribution in [0.5, 0.6) is 0 Å². The highest BCUT2D eigenvalue weighted by atomic mass is 35.5. The Hall–Kier alpha value is -2.64. The third-order valence-electron chi connectivity index (χ3n) is 3.46. The fourth-order valence-corrected chi connectivity index (χ4v) is 3.27. The van der Waals surface area contributed by atoms with Crippen LogP contribution in [0.15, 0.2) is 70.6 Å². The zero-order valence-corrected chi connectivity index (χ0v) is 14.5. The van der Waals surface area contributed by atoms with Crippen LogP contribution in [0.2, 0.25) is 5.02 Å². The van der Waals surface area contributed by atoms with Gasteiger partial charge in [-0.15, -0.1) is 10.2 Å². The molecule has 124 valence electrons. The topological polar surface area (TPSA) is 69.6 Å². The summed E-state index contributed by atoms with van der Waals surface area (Å²) in [6.45, 7) is 0. The average Bonchev–Trinajstić information content (AvgIpc) is 3.30. The van der Waals surface area contributed by atoms with Gasteiger partial charge in [0, 0.05) is 11.3 Å². The van der Waals surface area contributed by atoms with E-state index < -0.39 is 0 Å². The van der Waals surface area contributed by atoms with Gasteiger partial charge in [0.1, 0.15) is 6.33 Å². The summed E-state index contributed by atoms with van der Waals surface area (Å²) in [5.41, 5.74) is 1.74. The second kappa shape index (κ2) is 7.08. The van der Waals surface area contributed by atoms with Crippen LogP contribution in [-0.4, -0.2) is 24.9 Å². The van der Waals surface area contributed by atoms with Gasteiger partial charge in [-0.1, -0.05) is 58.9 Å². The Labute approximate surface area is 152 Å². The number of halogens is 1. The van der Waals surface area contributed by atoms with Crippen molar-refractivity contribution in [2.45, 2.75) is 10.9 Å². The van der Waals surface area contributed by atoms with Crippen LogP contribution in [0.1, 0.15) is 5.89 Å². The van der Waals surface area contributed by atoms with E-state index in [1.54, 1.807) is 12.4 Å². The Balaban J connectivity index is 1.50. The molecule has 0 fully saturated rings. The molecule has 0 saturated heterocycles. The van der Waals surface area contributed by atoms with Crippen LogP contribution < -0.4 is 0 Å². The monoisotopic (exact) mass is 369 g/mol. The quantitative estimate of drug-likeness (QED) is 0.489. The molecule has 0 radical (unpaired) electrons. The minimum Gasteiger partial charge on any atom is -0.338 e. The maximum absolute atomic E-state index is 6.17. The second-order valence-corrected chi connectivity index (χ2v) is 6.45. The molecule has 2 aromatic carbocycles. The minimum absolute atomic E-state index is 0.478. The van der Waals surface area contributed by atoms with E-state index in [0.29, 0.717) is 22.5 Å². The normalized spacial score (nSPS) is 10.9. The Kier molecular flexibility index (Phi) is 4.49. The van der Waals surface area contributed by atoms with Crippen molar-refractivity contribution in [1.29, 1.82) is 0 Å². The molecule has 0 aliphatic heterocycles. The first-order chi connectivity index (χ1) is 12.3. The lowest BCUT2D eigenvalue weighted by Crippen LogP contribution is -1.95. The highest BCUT2D eigenvalue weighted by molar-refractivity contribution is 7.98. The number of rotatable bonds is 5. The van der Waals surface area contributed by atoms with Crippen LogP contribution in [0.4, 0.5) is 0 Å². The largest absolute Gasteiger partial charge is 0.338 e. The molecular weight excluding hydrogens is 358 g/mol. The third-order valence-corrected chi connectivity index (χ3v) is 4.72. The van der Waals surface area contributed by atoms with Gasteiger partial charge >= 0.3 is 0 Å². The third kappa shape index (κ3) is 3.42. The van der Waals surface area contributed by atoms with Crippen molar-refractivity contribution >= 4 is 23.4 Å². The molecule has 6 nitrogen and oxygen atoms in total. The minimum atomic E-state index is 0.478. The smallest absolute Gasteiger partial charge is 0.237 e. The molecule has 0 atom stereocenters. The highest BCUT2D eigenvalue weighted by Gasteiger charge is 2.13. The molecule has 0 spiro atoms. The molecule has 8 heteroatoms. The number of hydrogen-bond donors (Lipinski definition) is 0. The number of thioether (sulfide) groups is 1. The number of hydrogen-bond acceptors (Lipinski definition) is 6. The maximum atomic E-state index is 6.17. The number of nitrogens with zero attached hydrogens (tertiary/aromatic N) is 5. The Bertz CT molecular complexity index is 985. The summed E-state index contributed by atoms with van der Waals surface area (Å²) in [6, 6.07) is 17.3. The molecule has 0 bridgehead atoms. The fourth-order valence-electron chi connectivity index (χ4n) is 2.28. The standard InChI is InChI=1S/C17H12ClN5OS/c18-14-9-5-4-8-13(14)16-20-15(24-22-16)10-25-17-21-19-11-23(17)12-6-2-1-3-7-12/h1-9,11H,10H2. The van der Waals surface area contributed by atoms with E-state index in [-0.39, 0.29) is 0 Å². The summed E-state index contributed by atoms with van der Waals surface area (Å²) in [6.07, 6.45) is 1.68. The summed E-state index contributed by atoms with van der Waals surface area (Å²) in [5, 5.41) is 13.5. The molecule has 0 saturated carbocycles. The lowest BCUT2D eigenvalue weighted by atomic mass is 10.2. The first-order valence-corrected chi connectivity index (χ1v) is 8.83. The molecule has 0 N–H and O–H groups in total. The van der Waals surface area contributed by atoms with Gasteiger partial charge in [0.25, 0.3) is 0 Å². The molecule has 2 heterocycles. The molecule has 4 aromatic rings. The average molecular weight is 370 g/mol. The maximum Gasteiger partial charge on any atom is 0.237 e. The van der Waals surface area contributed by atoms with Gasteiger partial charge in [0.2, 0.25) is 11.7 Å². The van der Waals surface area contributed by atoms with Gasteiger partial charge in [-0.25, -0.2) is 0 Å². The Morgan fingerprint density at radius 3 is 2.68 bits per heavy atom. The van der Waals surface area contributed by atoms with Crippen LogP contribution in [-0.2, 0) is 5.75 Å². The fraction of sp³-hybridized carbons (Fsp3) is 0.0588. The van der Waals surface area contributed by atoms with Gasteiger partial charge in [-0.05, 0) is 24.3 Å². The summed E-state index contributed by atoms with van der Waals surface area (Å²) < 4.78 is 7.23. The zero-order chi connectivity index (χ0) is 17.1. The van der Waals surface area contributed by atoms with Crippen molar-refractivity contribution in [1.82, 2.24) is 24.9 Å². The van der Waals surface area contributed by atoms with Crippen molar-refractivity contribution in [3.63, 3.8) is 0 Å². The van der Waals surface area contributed by atoms with Crippen LogP contribution in [0, 0.1) is 0 Å². The number of aromatic nitrogens is 5. The van der Waals surface area contributed by atoms with Crippen LogP contribution in [0.3, 0.4) is 0 Å². The second-order valence-electron chi connectivity index (χ2n) is 5.10. The van der Waals surface area contributed by atoms with E-state index >= 15 is 0 Å². The van der Waals surface area contributed by atoms with Crippen molar-refractivity contribution in [3.05, 3.63) is 71.8 Å². The molecule has 4 rings (SSSR count). The SMILES string of the molecule is Clc1ccccc1-c1noc(CSc2nncn2-c2ccccc2)n1. The van der Waals surface area contributed by atoms with E-state index in [1.165, 1.54) is 11.8 Å². The Morgan fingerprint density at radius 2 is 1.84 bits per heavy atom. The molecule has 0 amide bonds. The molecule has 0 aliphatic carbocycles. The Morgan fingerprint density at radius 1 is 1.04 bits per heavy atom. The van der Waals surface area contributed by atoms with E-state index in [4.69, 9.17) is 16.1 Å². The van der Waals surface area contributed by atoms with Gasteiger partial charge in [0.15, 0.2) is 5.16 Å². The molecule has 0 unspecified atom stereocenters. The van der Waals surface area contributed by atoms with E-state index in [1.807, 2.05) is 53.1 Å². The van der Waals surface area contributed by atoms with E-state index in [9.17, 15) is 0 Å². The zero-order valence-electron chi connectivity index (χ0n) is 12.9. The first-order valence-electron chi connectivity index (χ1n) is 7.47. The van der Waals surface area contributed by atoms with Crippen molar-refractivity contribution in [2.24, 2.45) is 0 Å². The van der Waals surface area contributed by atoms with E-state index in [2.05, 4.69) is 20.3 Å². The summed E-state index contributed by atoms with van der Waals surface area (Å²) in [4.78, 5) is 4.40. The van der Waals surface area contributed by atoms with Crippen molar-refractivity contribution in [3.8, 4) is 17.1 Å². The summed E-state index contributed by atoms with van der Waals surface area (Å²) >= 11 is 7.64. The number of para-hydroxylation sites is 1. The molecule has 2 aromatic heterocycles. The molecule has 0 aliphatic rings. The van der Waals surface area contributed by atoms with Gasteiger partial charge < -0.3 is 4.52 Å². The summed E-state index contributed by atoms with van der Waals surface area (Å²) in [7, 11) is 0.